The minimum absolute atomic E-state index is 0.279. The Kier molecular flexibility index (Phi) is 3.26. The van der Waals surface area contributed by atoms with Crippen LogP contribution in [-0.4, -0.2) is 15.2 Å². The summed E-state index contributed by atoms with van der Waals surface area (Å²) in [6.45, 7) is 1.75. The second kappa shape index (κ2) is 5.22. The first-order valence-electron chi connectivity index (χ1n) is 5.94. The molecule has 0 aliphatic carbocycles. The molecule has 0 radical (unpaired) electrons. The second-order valence-electron chi connectivity index (χ2n) is 4.13. The Labute approximate surface area is 118 Å². The average molecular weight is 285 g/mol. The summed E-state index contributed by atoms with van der Waals surface area (Å²) in [7, 11) is 0. The number of nitrogens with one attached hydrogen (secondary N) is 2. The van der Waals surface area contributed by atoms with E-state index in [2.05, 4.69) is 25.4 Å². The maximum Gasteiger partial charge on any atom is 0.291 e. The summed E-state index contributed by atoms with van der Waals surface area (Å²) in [5, 5.41) is 15.5. The van der Waals surface area contributed by atoms with Crippen LogP contribution in [0.1, 0.15) is 5.69 Å². The Morgan fingerprint density at radius 3 is 2.65 bits per heavy atom. The van der Waals surface area contributed by atoms with E-state index in [-0.39, 0.29) is 11.2 Å². The summed E-state index contributed by atoms with van der Waals surface area (Å²) in [5.74, 6) is 0. The summed E-state index contributed by atoms with van der Waals surface area (Å²) in [5.41, 5.74) is 2.52. The molecule has 7 heteroatoms. The van der Waals surface area contributed by atoms with Gasteiger partial charge in [0.2, 0.25) is 5.13 Å². The van der Waals surface area contributed by atoms with E-state index in [4.69, 9.17) is 0 Å². The first-order chi connectivity index (χ1) is 9.74. The van der Waals surface area contributed by atoms with Crippen LogP contribution >= 0.6 is 11.3 Å². The number of aryl methyl sites for hydroxylation is 1. The van der Waals surface area contributed by atoms with Crippen molar-refractivity contribution >= 4 is 22.2 Å². The number of rotatable bonds is 3. The Balaban J connectivity index is 1.87. The molecule has 0 saturated carbocycles. The van der Waals surface area contributed by atoms with Crippen molar-refractivity contribution in [1.29, 1.82) is 0 Å². The Morgan fingerprint density at radius 1 is 1.15 bits per heavy atom. The van der Waals surface area contributed by atoms with Crippen LogP contribution in [0.15, 0.2) is 50.7 Å². The minimum Gasteiger partial charge on any atom is -0.300 e. The van der Waals surface area contributed by atoms with Crippen molar-refractivity contribution in [2.24, 2.45) is 10.2 Å². The van der Waals surface area contributed by atoms with Crippen LogP contribution < -0.4 is 5.56 Å². The summed E-state index contributed by atoms with van der Waals surface area (Å²) in [6, 6.07) is 9.84. The zero-order chi connectivity index (χ0) is 13.9. The summed E-state index contributed by atoms with van der Waals surface area (Å²) in [4.78, 5) is 15.8. The number of H-pyrrole nitrogens is 2. The van der Waals surface area contributed by atoms with Gasteiger partial charge in [-0.3, -0.25) is 9.89 Å². The zero-order valence-electron chi connectivity index (χ0n) is 10.6. The maximum absolute atomic E-state index is 11.4. The molecule has 3 rings (SSSR count). The number of thiazole rings is 1. The number of azo groups is 1. The fourth-order valence-electron chi connectivity index (χ4n) is 1.70. The van der Waals surface area contributed by atoms with Gasteiger partial charge in [0, 0.05) is 10.9 Å². The topological polar surface area (TPSA) is 86.3 Å². The molecule has 0 aliphatic heterocycles. The Bertz CT molecular complexity index is 800. The van der Waals surface area contributed by atoms with E-state index >= 15 is 0 Å². The lowest BCUT2D eigenvalue weighted by Crippen LogP contribution is -1.96. The highest BCUT2D eigenvalue weighted by Gasteiger charge is 2.06. The molecule has 0 fully saturated rings. The predicted molar refractivity (Wildman–Crippen MR) is 77.9 cm³/mol. The molecule has 0 atom stereocenters. The highest BCUT2D eigenvalue weighted by atomic mass is 32.1. The molecule has 0 bridgehead atoms. The van der Waals surface area contributed by atoms with Gasteiger partial charge in [-0.15, -0.1) is 21.6 Å². The van der Waals surface area contributed by atoms with Crippen molar-refractivity contribution < 1.29 is 0 Å². The van der Waals surface area contributed by atoms with Crippen LogP contribution in [-0.2, 0) is 0 Å². The molecular formula is C13H11N5OS. The van der Waals surface area contributed by atoms with Crippen LogP contribution in [0.4, 0.5) is 10.8 Å². The summed E-state index contributed by atoms with van der Waals surface area (Å²) >= 11 is 1.38. The van der Waals surface area contributed by atoms with E-state index in [1.54, 1.807) is 6.92 Å². The SMILES string of the molecule is Cc1[nH][nH]c(=O)c1N=Nc1nc(-c2ccccc2)cs1. The lowest BCUT2D eigenvalue weighted by molar-refractivity contribution is 1.02. The molecule has 20 heavy (non-hydrogen) atoms. The Hall–Kier alpha value is -2.54. The zero-order valence-corrected chi connectivity index (χ0v) is 11.4. The molecule has 6 nitrogen and oxygen atoms in total. The van der Waals surface area contributed by atoms with Crippen molar-refractivity contribution in [3.8, 4) is 11.3 Å². The van der Waals surface area contributed by atoms with Crippen LogP contribution in [0, 0.1) is 6.92 Å². The van der Waals surface area contributed by atoms with Gasteiger partial charge >= 0.3 is 0 Å². The fourth-order valence-corrected chi connectivity index (χ4v) is 2.35. The van der Waals surface area contributed by atoms with E-state index in [1.165, 1.54) is 11.3 Å². The molecule has 2 heterocycles. The van der Waals surface area contributed by atoms with E-state index in [0.717, 1.165) is 11.3 Å². The van der Waals surface area contributed by atoms with Crippen LogP contribution in [0.25, 0.3) is 11.3 Å². The van der Waals surface area contributed by atoms with Gasteiger partial charge in [0.15, 0.2) is 5.69 Å². The predicted octanol–water partition coefficient (Wildman–Crippen LogP) is 3.55. The molecule has 3 aromatic rings. The fraction of sp³-hybridized carbons (Fsp3) is 0.0769. The third-order valence-corrected chi connectivity index (χ3v) is 3.46. The Morgan fingerprint density at radius 2 is 1.95 bits per heavy atom. The van der Waals surface area contributed by atoms with Crippen molar-refractivity contribution in [3.05, 3.63) is 51.8 Å². The molecule has 0 aliphatic rings. The number of aromatic nitrogens is 3. The van der Waals surface area contributed by atoms with Gasteiger partial charge in [0.1, 0.15) is 0 Å². The second-order valence-corrected chi connectivity index (χ2v) is 4.97. The molecular weight excluding hydrogens is 274 g/mol. The molecule has 0 spiro atoms. The van der Waals surface area contributed by atoms with Gasteiger partial charge < -0.3 is 5.10 Å². The first-order valence-corrected chi connectivity index (χ1v) is 6.82. The minimum atomic E-state index is -0.286. The van der Waals surface area contributed by atoms with Gasteiger partial charge in [-0.05, 0) is 6.92 Å². The lowest BCUT2D eigenvalue weighted by atomic mass is 10.2. The van der Waals surface area contributed by atoms with Crippen molar-refractivity contribution in [2.75, 3.05) is 0 Å². The van der Waals surface area contributed by atoms with E-state index in [1.807, 2.05) is 35.7 Å². The summed E-state index contributed by atoms with van der Waals surface area (Å²) in [6.07, 6.45) is 0. The average Bonchev–Trinajstić information content (AvgIpc) is 3.06. The van der Waals surface area contributed by atoms with Crippen LogP contribution in [0.3, 0.4) is 0 Å². The summed E-state index contributed by atoms with van der Waals surface area (Å²) < 4.78 is 0. The molecule has 0 saturated heterocycles. The number of nitrogens with zero attached hydrogens (tertiary/aromatic N) is 3. The number of benzene rings is 1. The standard InChI is InChI=1S/C13H11N5OS/c1-8-11(12(19)17-15-8)16-18-13-14-10(7-20-13)9-5-3-2-4-6-9/h2-7H,1H3,(H2,15,17,19). The third kappa shape index (κ3) is 2.43. The quantitative estimate of drug-likeness (QED) is 0.721. The van der Waals surface area contributed by atoms with Crippen LogP contribution in [0.5, 0.6) is 0 Å². The molecule has 100 valence electrons. The van der Waals surface area contributed by atoms with Gasteiger partial charge in [-0.2, -0.15) is 0 Å². The van der Waals surface area contributed by atoms with Crippen molar-refractivity contribution in [2.45, 2.75) is 6.92 Å². The molecule has 0 unspecified atom stereocenters. The highest BCUT2D eigenvalue weighted by molar-refractivity contribution is 7.13. The van der Waals surface area contributed by atoms with Gasteiger partial charge in [-0.1, -0.05) is 30.3 Å². The monoisotopic (exact) mass is 285 g/mol. The molecule has 2 N–H and O–H groups in total. The smallest absolute Gasteiger partial charge is 0.291 e. The number of hydrogen-bond donors (Lipinski definition) is 2. The highest BCUT2D eigenvalue weighted by Crippen LogP contribution is 2.27. The normalized spacial score (nSPS) is 11.2. The van der Waals surface area contributed by atoms with Crippen molar-refractivity contribution in [3.63, 3.8) is 0 Å². The molecule has 1 aromatic carbocycles. The van der Waals surface area contributed by atoms with E-state index in [0.29, 0.717) is 10.8 Å². The van der Waals surface area contributed by atoms with Crippen molar-refractivity contribution in [1.82, 2.24) is 15.2 Å². The molecule has 2 aromatic heterocycles. The van der Waals surface area contributed by atoms with E-state index < -0.39 is 0 Å². The van der Waals surface area contributed by atoms with Gasteiger partial charge in [-0.25, -0.2) is 4.98 Å². The maximum atomic E-state index is 11.4. The number of aromatic amines is 2. The largest absolute Gasteiger partial charge is 0.300 e. The van der Waals surface area contributed by atoms with Crippen LogP contribution in [0.2, 0.25) is 0 Å². The van der Waals surface area contributed by atoms with E-state index in [9.17, 15) is 4.79 Å². The third-order valence-electron chi connectivity index (χ3n) is 2.73. The van der Waals surface area contributed by atoms with Gasteiger partial charge in [0.05, 0.1) is 11.4 Å². The first kappa shape index (κ1) is 12.5. The lowest BCUT2D eigenvalue weighted by Gasteiger charge is -1.92. The molecule has 0 amide bonds. The number of hydrogen-bond acceptors (Lipinski definition) is 5. The van der Waals surface area contributed by atoms with Gasteiger partial charge in [0.25, 0.3) is 5.56 Å².